The highest BCUT2D eigenvalue weighted by molar-refractivity contribution is 5.92. The van der Waals surface area contributed by atoms with Crippen molar-refractivity contribution in [1.82, 2.24) is 4.90 Å². The third kappa shape index (κ3) is 6.14. The van der Waals surface area contributed by atoms with Gasteiger partial charge in [0.2, 0.25) is 0 Å². The van der Waals surface area contributed by atoms with E-state index in [-0.39, 0.29) is 0 Å². The van der Waals surface area contributed by atoms with Crippen LogP contribution in [0.15, 0.2) is 29.3 Å². The van der Waals surface area contributed by atoms with Gasteiger partial charge in [-0.05, 0) is 26.5 Å². The SMILES string of the molecule is CCN(CCN=C(N)Nc1ccccc1COC)C(C)C. The molecule has 3 N–H and O–H groups in total. The Kier molecular flexibility index (Phi) is 7.79. The molecule has 0 aliphatic heterocycles. The van der Waals surface area contributed by atoms with E-state index in [2.05, 4.69) is 36.0 Å². The lowest BCUT2D eigenvalue weighted by Gasteiger charge is -2.23. The van der Waals surface area contributed by atoms with E-state index in [0.29, 0.717) is 25.2 Å². The van der Waals surface area contributed by atoms with Crippen LogP contribution in [-0.4, -0.2) is 43.6 Å². The number of hydrogen-bond acceptors (Lipinski definition) is 3. The van der Waals surface area contributed by atoms with Crippen LogP contribution in [0.3, 0.4) is 0 Å². The molecule has 0 aromatic heterocycles. The zero-order valence-electron chi connectivity index (χ0n) is 13.6. The molecule has 0 aliphatic carbocycles. The quantitative estimate of drug-likeness (QED) is 0.570. The number of benzene rings is 1. The molecule has 1 aromatic rings. The van der Waals surface area contributed by atoms with Gasteiger partial charge in [-0.25, -0.2) is 0 Å². The van der Waals surface area contributed by atoms with E-state index in [1.54, 1.807) is 7.11 Å². The first-order valence-electron chi connectivity index (χ1n) is 7.46. The monoisotopic (exact) mass is 292 g/mol. The first-order valence-corrected chi connectivity index (χ1v) is 7.46. The molecule has 0 atom stereocenters. The zero-order valence-corrected chi connectivity index (χ0v) is 13.6. The molecule has 0 saturated carbocycles. The van der Waals surface area contributed by atoms with Gasteiger partial charge in [0.1, 0.15) is 0 Å². The number of para-hydroxylation sites is 1. The van der Waals surface area contributed by atoms with E-state index in [4.69, 9.17) is 10.5 Å². The number of guanidine groups is 1. The highest BCUT2D eigenvalue weighted by Crippen LogP contribution is 2.15. The molecule has 0 fully saturated rings. The number of aliphatic imine (C=N–C) groups is 1. The van der Waals surface area contributed by atoms with Crippen LogP contribution in [0.5, 0.6) is 0 Å². The van der Waals surface area contributed by atoms with E-state index in [9.17, 15) is 0 Å². The lowest BCUT2D eigenvalue weighted by molar-refractivity contribution is 0.185. The van der Waals surface area contributed by atoms with Gasteiger partial charge in [0.15, 0.2) is 5.96 Å². The van der Waals surface area contributed by atoms with Crippen LogP contribution >= 0.6 is 0 Å². The Morgan fingerprint density at radius 3 is 2.71 bits per heavy atom. The molecule has 21 heavy (non-hydrogen) atoms. The summed E-state index contributed by atoms with van der Waals surface area (Å²) in [5.74, 6) is 0.443. The van der Waals surface area contributed by atoms with Crippen LogP contribution < -0.4 is 11.1 Å². The van der Waals surface area contributed by atoms with Gasteiger partial charge in [-0.15, -0.1) is 0 Å². The summed E-state index contributed by atoms with van der Waals surface area (Å²) in [6.07, 6.45) is 0. The minimum Gasteiger partial charge on any atom is -0.380 e. The third-order valence-electron chi connectivity index (χ3n) is 3.39. The molecule has 5 nitrogen and oxygen atoms in total. The Labute approximate surface area is 128 Å². The Bertz CT molecular complexity index is 446. The second kappa shape index (κ2) is 9.37. The summed E-state index contributed by atoms with van der Waals surface area (Å²) in [4.78, 5) is 6.75. The number of anilines is 1. The lowest BCUT2D eigenvalue weighted by atomic mass is 10.2. The number of ether oxygens (including phenoxy) is 1. The first kappa shape index (κ1) is 17.5. The van der Waals surface area contributed by atoms with Crippen LogP contribution in [0.4, 0.5) is 5.69 Å². The molecule has 0 heterocycles. The van der Waals surface area contributed by atoms with E-state index >= 15 is 0 Å². The smallest absolute Gasteiger partial charge is 0.193 e. The molecular formula is C16H28N4O. The molecule has 0 amide bonds. The van der Waals surface area contributed by atoms with Crippen LogP contribution in [0.1, 0.15) is 26.3 Å². The average Bonchev–Trinajstić information content (AvgIpc) is 2.45. The van der Waals surface area contributed by atoms with E-state index in [0.717, 1.165) is 24.3 Å². The van der Waals surface area contributed by atoms with Gasteiger partial charge in [0.25, 0.3) is 0 Å². The summed E-state index contributed by atoms with van der Waals surface area (Å²) in [7, 11) is 1.68. The van der Waals surface area contributed by atoms with Crippen molar-refractivity contribution in [3.63, 3.8) is 0 Å². The predicted molar refractivity (Wildman–Crippen MR) is 89.7 cm³/mol. The van der Waals surface area contributed by atoms with E-state index in [1.165, 1.54) is 0 Å². The van der Waals surface area contributed by atoms with Gasteiger partial charge in [-0.1, -0.05) is 25.1 Å². The Balaban J connectivity index is 2.56. The number of nitrogens with zero attached hydrogens (tertiary/aromatic N) is 2. The summed E-state index contributed by atoms with van der Waals surface area (Å²) in [6.45, 7) is 9.72. The van der Waals surface area contributed by atoms with Crippen molar-refractivity contribution in [2.45, 2.75) is 33.4 Å². The fourth-order valence-corrected chi connectivity index (χ4v) is 2.18. The van der Waals surface area contributed by atoms with E-state index < -0.39 is 0 Å². The number of hydrogen-bond donors (Lipinski definition) is 2. The largest absolute Gasteiger partial charge is 0.380 e. The van der Waals surface area contributed by atoms with Crippen molar-refractivity contribution in [2.75, 3.05) is 32.1 Å². The topological polar surface area (TPSA) is 62.9 Å². The van der Waals surface area contributed by atoms with Gasteiger partial charge in [-0.2, -0.15) is 0 Å². The minimum absolute atomic E-state index is 0.443. The van der Waals surface area contributed by atoms with Crippen LogP contribution in [0.25, 0.3) is 0 Å². The highest BCUT2D eigenvalue weighted by atomic mass is 16.5. The van der Waals surface area contributed by atoms with Crippen LogP contribution in [0, 0.1) is 0 Å². The molecule has 0 spiro atoms. The van der Waals surface area contributed by atoms with Crippen LogP contribution in [0.2, 0.25) is 0 Å². The molecular weight excluding hydrogens is 264 g/mol. The number of nitrogens with one attached hydrogen (secondary N) is 1. The van der Waals surface area contributed by atoms with Gasteiger partial charge >= 0.3 is 0 Å². The van der Waals surface area contributed by atoms with Gasteiger partial charge in [-0.3, -0.25) is 9.89 Å². The summed E-state index contributed by atoms with van der Waals surface area (Å²) in [5.41, 5.74) is 7.96. The van der Waals surface area contributed by atoms with Crippen LogP contribution in [-0.2, 0) is 11.3 Å². The standard InChI is InChI=1S/C16H28N4O/c1-5-20(13(2)3)11-10-18-16(17)19-15-9-7-6-8-14(15)12-21-4/h6-9,13H,5,10-12H2,1-4H3,(H3,17,18,19). The second-order valence-electron chi connectivity index (χ2n) is 5.20. The molecule has 0 bridgehead atoms. The molecule has 0 aliphatic rings. The molecule has 118 valence electrons. The maximum absolute atomic E-state index is 5.95. The molecule has 1 aromatic carbocycles. The number of likely N-dealkylation sites (N-methyl/N-ethyl adjacent to an activating group) is 1. The number of rotatable bonds is 8. The minimum atomic E-state index is 0.443. The van der Waals surface area contributed by atoms with Crippen molar-refractivity contribution in [3.05, 3.63) is 29.8 Å². The maximum atomic E-state index is 5.95. The summed E-state index contributed by atoms with van der Waals surface area (Å²) >= 11 is 0. The Morgan fingerprint density at radius 2 is 2.10 bits per heavy atom. The lowest BCUT2D eigenvalue weighted by Crippen LogP contribution is -2.33. The van der Waals surface area contributed by atoms with E-state index in [1.807, 2.05) is 24.3 Å². The molecule has 0 radical (unpaired) electrons. The third-order valence-corrected chi connectivity index (χ3v) is 3.39. The summed E-state index contributed by atoms with van der Waals surface area (Å²) in [6, 6.07) is 8.46. The van der Waals surface area contributed by atoms with Crippen molar-refractivity contribution < 1.29 is 4.74 Å². The van der Waals surface area contributed by atoms with Crippen molar-refractivity contribution in [2.24, 2.45) is 10.7 Å². The Hall–Kier alpha value is -1.59. The number of nitrogens with two attached hydrogens (primary N) is 1. The van der Waals surface area contributed by atoms with Crippen molar-refractivity contribution in [3.8, 4) is 0 Å². The normalized spacial score (nSPS) is 12.2. The molecule has 0 unspecified atom stereocenters. The first-order chi connectivity index (χ1) is 10.1. The number of methoxy groups -OCH3 is 1. The molecule has 0 saturated heterocycles. The highest BCUT2D eigenvalue weighted by Gasteiger charge is 2.06. The van der Waals surface area contributed by atoms with Crippen molar-refractivity contribution in [1.29, 1.82) is 0 Å². The summed E-state index contributed by atoms with van der Waals surface area (Å²) in [5, 5.41) is 3.15. The second-order valence-corrected chi connectivity index (χ2v) is 5.20. The molecule has 5 heteroatoms. The van der Waals surface area contributed by atoms with Crippen molar-refractivity contribution >= 4 is 11.6 Å². The Morgan fingerprint density at radius 1 is 1.38 bits per heavy atom. The van der Waals surface area contributed by atoms with Gasteiger partial charge in [0, 0.05) is 30.9 Å². The zero-order chi connectivity index (χ0) is 15.7. The average molecular weight is 292 g/mol. The van der Waals surface area contributed by atoms with Gasteiger partial charge in [0.05, 0.1) is 13.2 Å². The fraction of sp³-hybridized carbons (Fsp3) is 0.562. The molecule has 1 rings (SSSR count). The maximum Gasteiger partial charge on any atom is 0.193 e. The predicted octanol–water partition coefficient (Wildman–Crippen LogP) is 2.29. The fourth-order valence-electron chi connectivity index (χ4n) is 2.18. The summed E-state index contributed by atoms with van der Waals surface area (Å²) < 4.78 is 5.18. The van der Waals surface area contributed by atoms with Gasteiger partial charge < -0.3 is 15.8 Å².